The lowest BCUT2D eigenvalue weighted by Crippen LogP contribution is -2.42. The largest absolute Gasteiger partial charge is 0.496 e. The summed E-state index contributed by atoms with van der Waals surface area (Å²) in [7, 11) is 3.24. The maximum Gasteiger partial charge on any atom is 0.272 e. The zero-order valence-electron chi connectivity index (χ0n) is 24.4. The Bertz CT molecular complexity index is 991. The summed E-state index contributed by atoms with van der Waals surface area (Å²) in [5.74, 6) is 1.47. The summed E-state index contributed by atoms with van der Waals surface area (Å²) in [5.41, 5.74) is 1.84. The Balaban J connectivity index is 2.30. The first-order chi connectivity index (χ1) is 18.3. The molecule has 1 unspecified atom stereocenters. The van der Waals surface area contributed by atoms with E-state index in [1.807, 2.05) is 36.7 Å². The van der Waals surface area contributed by atoms with Crippen molar-refractivity contribution in [3.8, 4) is 22.8 Å². The third-order valence-electron chi connectivity index (χ3n) is 7.16. The number of nitrogens with one attached hydrogen (secondary N) is 2. The standard InChI is InChI=1S/C30H48N4O4/c1-8-11-12-13-17-31-28(35)19-23(21(4)5)32-30(36)24-18-25(34(33-24)20-22(9-2)10-3)29-26(37-6)15-14-16-27(29)38-7/h14-16,18,21-23H,8-13,17,19-20H2,1-7H3,(H,31,35)(H,32,36). The number of hydrogen-bond acceptors (Lipinski definition) is 5. The summed E-state index contributed by atoms with van der Waals surface area (Å²) in [6.45, 7) is 11.9. The van der Waals surface area contributed by atoms with Gasteiger partial charge in [0.05, 0.1) is 25.5 Å². The molecule has 8 heteroatoms. The average molecular weight is 529 g/mol. The van der Waals surface area contributed by atoms with Crippen molar-refractivity contribution in [3.05, 3.63) is 30.0 Å². The van der Waals surface area contributed by atoms with Gasteiger partial charge in [-0.05, 0) is 36.5 Å². The normalized spacial score (nSPS) is 12.0. The summed E-state index contributed by atoms with van der Waals surface area (Å²) >= 11 is 0. The van der Waals surface area contributed by atoms with Crippen molar-refractivity contribution in [2.75, 3.05) is 20.8 Å². The van der Waals surface area contributed by atoms with E-state index in [1.54, 1.807) is 20.3 Å². The van der Waals surface area contributed by atoms with Gasteiger partial charge < -0.3 is 20.1 Å². The third kappa shape index (κ3) is 8.77. The molecule has 2 rings (SSSR count). The van der Waals surface area contributed by atoms with Crippen LogP contribution in [-0.4, -0.2) is 48.4 Å². The number of unbranched alkanes of at least 4 members (excludes halogenated alkanes) is 3. The fraction of sp³-hybridized carbons (Fsp3) is 0.633. The number of hydrogen-bond donors (Lipinski definition) is 2. The van der Waals surface area contributed by atoms with E-state index in [9.17, 15) is 9.59 Å². The molecule has 8 nitrogen and oxygen atoms in total. The van der Waals surface area contributed by atoms with Gasteiger partial charge in [0.25, 0.3) is 5.91 Å². The molecule has 1 heterocycles. The van der Waals surface area contributed by atoms with Gasteiger partial charge in [0.1, 0.15) is 11.5 Å². The van der Waals surface area contributed by atoms with Gasteiger partial charge in [-0.1, -0.05) is 72.8 Å². The second-order valence-electron chi connectivity index (χ2n) is 10.3. The van der Waals surface area contributed by atoms with Gasteiger partial charge in [-0.15, -0.1) is 0 Å². The molecule has 0 saturated carbocycles. The van der Waals surface area contributed by atoms with Crippen LogP contribution in [0.1, 0.15) is 90.1 Å². The van der Waals surface area contributed by atoms with E-state index >= 15 is 0 Å². The van der Waals surface area contributed by atoms with Crippen LogP contribution in [0.5, 0.6) is 11.5 Å². The van der Waals surface area contributed by atoms with Crippen LogP contribution in [0.4, 0.5) is 0 Å². The first-order valence-corrected chi connectivity index (χ1v) is 14.2. The zero-order valence-corrected chi connectivity index (χ0v) is 24.4. The van der Waals surface area contributed by atoms with Crippen molar-refractivity contribution in [2.45, 2.75) is 92.2 Å². The maximum absolute atomic E-state index is 13.4. The number of nitrogens with zero attached hydrogens (tertiary/aromatic N) is 2. The van der Waals surface area contributed by atoms with E-state index in [1.165, 1.54) is 6.42 Å². The molecule has 0 spiro atoms. The lowest BCUT2D eigenvalue weighted by molar-refractivity contribution is -0.121. The lowest BCUT2D eigenvalue weighted by atomic mass is 10.00. The Hall–Kier alpha value is -3.03. The predicted molar refractivity (Wildman–Crippen MR) is 153 cm³/mol. The minimum absolute atomic E-state index is 0.0424. The second-order valence-corrected chi connectivity index (χ2v) is 10.3. The van der Waals surface area contributed by atoms with Gasteiger partial charge in [-0.3, -0.25) is 14.3 Å². The Morgan fingerprint density at radius 3 is 2.21 bits per heavy atom. The number of rotatable bonds is 17. The lowest BCUT2D eigenvalue weighted by Gasteiger charge is -2.21. The van der Waals surface area contributed by atoms with Gasteiger partial charge in [-0.25, -0.2) is 0 Å². The van der Waals surface area contributed by atoms with Crippen LogP contribution < -0.4 is 20.1 Å². The molecule has 0 aliphatic carbocycles. The molecule has 2 aromatic rings. The molecule has 1 atom stereocenters. The number of ether oxygens (including phenoxy) is 2. The van der Waals surface area contributed by atoms with E-state index in [2.05, 4.69) is 31.4 Å². The number of amides is 2. The molecule has 212 valence electrons. The van der Waals surface area contributed by atoms with E-state index in [0.29, 0.717) is 36.2 Å². The topological polar surface area (TPSA) is 94.5 Å². The molecule has 2 amide bonds. The van der Waals surface area contributed by atoms with Gasteiger partial charge >= 0.3 is 0 Å². The highest BCUT2D eigenvalue weighted by molar-refractivity contribution is 5.94. The molecule has 38 heavy (non-hydrogen) atoms. The maximum atomic E-state index is 13.4. The fourth-order valence-electron chi connectivity index (χ4n) is 4.51. The Labute approximate surface area is 228 Å². The molecular formula is C30H48N4O4. The SMILES string of the molecule is CCCCCCNC(=O)CC(NC(=O)c1cc(-c2c(OC)cccc2OC)n(CC(CC)CC)n1)C(C)C. The molecule has 0 aliphatic heterocycles. The van der Waals surface area contributed by atoms with Crippen LogP contribution in [0.2, 0.25) is 0 Å². The summed E-state index contributed by atoms with van der Waals surface area (Å²) in [4.78, 5) is 26.0. The molecule has 0 bridgehead atoms. The van der Waals surface area contributed by atoms with Crippen molar-refractivity contribution in [3.63, 3.8) is 0 Å². The number of methoxy groups -OCH3 is 2. The van der Waals surface area contributed by atoms with E-state index < -0.39 is 0 Å². The minimum atomic E-state index is -0.299. The zero-order chi connectivity index (χ0) is 28.1. The van der Waals surface area contributed by atoms with E-state index in [0.717, 1.165) is 43.4 Å². The average Bonchev–Trinajstić information content (AvgIpc) is 3.33. The van der Waals surface area contributed by atoms with Crippen molar-refractivity contribution >= 4 is 11.8 Å². The van der Waals surface area contributed by atoms with Gasteiger partial charge in [0, 0.05) is 25.6 Å². The quantitative estimate of drug-likeness (QED) is 0.251. The molecule has 2 N–H and O–H groups in total. The van der Waals surface area contributed by atoms with Crippen molar-refractivity contribution in [1.82, 2.24) is 20.4 Å². The van der Waals surface area contributed by atoms with Gasteiger partial charge in [0.15, 0.2) is 5.69 Å². The first-order valence-electron chi connectivity index (χ1n) is 14.2. The fourth-order valence-corrected chi connectivity index (χ4v) is 4.51. The predicted octanol–water partition coefficient (Wildman–Crippen LogP) is 5.84. The monoisotopic (exact) mass is 528 g/mol. The molecule has 0 radical (unpaired) electrons. The van der Waals surface area contributed by atoms with Gasteiger partial charge in [0.2, 0.25) is 5.91 Å². The van der Waals surface area contributed by atoms with Crippen LogP contribution in [0, 0.1) is 11.8 Å². The molecular weight excluding hydrogens is 480 g/mol. The molecule has 0 aliphatic rings. The first kappa shape index (κ1) is 31.2. The minimum Gasteiger partial charge on any atom is -0.496 e. The third-order valence-corrected chi connectivity index (χ3v) is 7.16. The van der Waals surface area contributed by atoms with Crippen molar-refractivity contribution in [2.24, 2.45) is 11.8 Å². The van der Waals surface area contributed by atoms with Crippen LogP contribution in [0.3, 0.4) is 0 Å². The highest BCUT2D eigenvalue weighted by Gasteiger charge is 2.25. The number of aromatic nitrogens is 2. The number of carbonyl (C=O) groups excluding carboxylic acids is 2. The van der Waals surface area contributed by atoms with Crippen LogP contribution in [-0.2, 0) is 11.3 Å². The van der Waals surface area contributed by atoms with Gasteiger partial charge in [-0.2, -0.15) is 5.10 Å². The Morgan fingerprint density at radius 1 is 1.00 bits per heavy atom. The highest BCUT2D eigenvalue weighted by atomic mass is 16.5. The van der Waals surface area contributed by atoms with E-state index in [4.69, 9.17) is 14.6 Å². The van der Waals surface area contributed by atoms with E-state index in [-0.39, 0.29) is 30.2 Å². The molecule has 1 aromatic heterocycles. The number of benzene rings is 1. The number of carbonyl (C=O) groups is 2. The van der Waals surface area contributed by atoms with Crippen molar-refractivity contribution < 1.29 is 19.1 Å². The highest BCUT2D eigenvalue weighted by Crippen LogP contribution is 2.39. The summed E-state index contributed by atoms with van der Waals surface area (Å²) in [6.07, 6.45) is 6.66. The smallest absolute Gasteiger partial charge is 0.272 e. The Kier molecular flexibility index (Phi) is 13.2. The Morgan fingerprint density at radius 2 is 1.66 bits per heavy atom. The van der Waals surface area contributed by atoms with Crippen molar-refractivity contribution in [1.29, 1.82) is 0 Å². The molecule has 1 aromatic carbocycles. The van der Waals surface area contributed by atoms with Crippen LogP contribution in [0.25, 0.3) is 11.3 Å². The van der Waals surface area contributed by atoms with Crippen LogP contribution in [0.15, 0.2) is 24.3 Å². The summed E-state index contributed by atoms with van der Waals surface area (Å²) in [5, 5.41) is 10.8. The molecule has 0 fully saturated rings. The summed E-state index contributed by atoms with van der Waals surface area (Å²) < 4.78 is 13.2. The van der Waals surface area contributed by atoms with Crippen LogP contribution >= 0.6 is 0 Å². The molecule has 0 saturated heterocycles. The summed E-state index contributed by atoms with van der Waals surface area (Å²) in [6, 6.07) is 7.12. The second kappa shape index (κ2) is 16.0.